The maximum Gasteiger partial charge on any atom is 0.227 e. The maximum atomic E-state index is 12.8. The normalized spacial score (nSPS) is 15.8. The fraction of sp³-hybridized carbons (Fsp3) is 0.364. The second kappa shape index (κ2) is 8.59. The molecular formula is C22H26N4O. The highest BCUT2D eigenvalue weighted by atomic mass is 16.1. The van der Waals surface area contributed by atoms with Gasteiger partial charge in [0.2, 0.25) is 5.91 Å². The summed E-state index contributed by atoms with van der Waals surface area (Å²) in [5.74, 6) is 0.261. The van der Waals surface area contributed by atoms with Crippen molar-refractivity contribution in [2.24, 2.45) is 5.92 Å². The number of anilines is 2. The molecule has 1 heterocycles. The number of nitrogens with zero attached hydrogens (tertiary/aromatic N) is 2. The molecule has 0 radical (unpaired) electrons. The van der Waals surface area contributed by atoms with Crippen LogP contribution in [0.5, 0.6) is 0 Å². The Hall–Kier alpha value is -3.00. The van der Waals surface area contributed by atoms with Gasteiger partial charge in [-0.3, -0.25) is 4.79 Å². The number of nitriles is 1. The Labute approximate surface area is 160 Å². The van der Waals surface area contributed by atoms with Gasteiger partial charge in [0.15, 0.2) is 0 Å². The molecule has 0 saturated carbocycles. The van der Waals surface area contributed by atoms with E-state index in [1.807, 2.05) is 49.4 Å². The van der Waals surface area contributed by atoms with Gasteiger partial charge in [0.05, 0.1) is 17.2 Å². The molecule has 140 valence electrons. The third kappa shape index (κ3) is 4.22. The number of piperidine rings is 1. The molecule has 0 aromatic heterocycles. The molecule has 5 heteroatoms. The lowest BCUT2D eigenvalue weighted by atomic mass is 9.79. The molecule has 1 saturated heterocycles. The first kappa shape index (κ1) is 18.8. The molecule has 5 nitrogen and oxygen atoms in total. The van der Waals surface area contributed by atoms with Crippen molar-refractivity contribution in [1.82, 2.24) is 5.32 Å². The van der Waals surface area contributed by atoms with E-state index in [2.05, 4.69) is 16.3 Å². The molecule has 1 aliphatic rings. The van der Waals surface area contributed by atoms with Gasteiger partial charge >= 0.3 is 0 Å². The van der Waals surface area contributed by atoms with Crippen molar-refractivity contribution < 1.29 is 4.79 Å². The van der Waals surface area contributed by atoms with Crippen LogP contribution in [0.25, 0.3) is 0 Å². The van der Waals surface area contributed by atoms with Crippen LogP contribution in [0.15, 0.2) is 48.5 Å². The third-order valence-corrected chi connectivity index (χ3v) is 5.28. The number of hydrogen-bond acceptors (Lipinski definition) is 4. The monoisotopic (exact) mass is 362 g/mol. The van der Waals surface area contributed by atoms with E-state index in [1.54, 1.807) is 6.07 Å². The molecule has 1 atom stereocenters. The van der Waals surface area contributed by atoms with Crippen molar-refractivity contribution in [3.63, 3.8) is 0 Å². The van der Waals surface area contributed by atoms with E-state index in [9.17, 15) is 10.1 Å². The van der Waals surface area contributed by atoms with Crippen LogP contribution in [-0.4, -0.2) is 25.5 Å². The average molecular weight is 362 g/mol. The Kier molecular flexibility index (Phi) is 5.97. The van der Waals surface area contributed by atoms with E-state index in [4.69, 9.17) is 5.73 Å². The standard InChI is InChI=1S/C22H26N4O/c1-2-25-22(27)21(16-6-4-3-5-7-16)17-10-12-26(13-11-17)20-9-8-19(24)14-18(20)15-23/h3-9,14,17,21H,2,10-13,24H2,1H3,(H,25,27). The molecule has 0 spiro atoms. The quantitative estimate of drug-likeness (QED) is 0.800. The minimum atomic E-state index is -0.129. The lowest BCUT2D eigenvalue weighted by Crippen LogP contribution is -2.40. The summed E-state index contributed by atoms with van der Waals surface area (Å²) >= 11 is 0. The lowest BCUT2D eigenvalue weighted by Gasteiger charge is -2.37. The van der Waals surface area contributed by atoms with E-state index in [0.29, 0.717) is 17.8 Å². The van der Waals surface area contributed by atoms with Crippen molar-refractivity contribution in [3.8, 4) is 6.07 Å². The number of benzene rings is 2. The van der Waals surface area contributed by atoms with Crippen LogP contribution in [0.1, 0.15) is 36.8 Å². The zero-order chi connectivity index (χ0) is 19.2. The summed E-state index contributed by atoms with van der Waals surface area (Å²) < 4.78 is 0. The van der Waals surface area contributed by atoms with Gasteiger partial charge in [-0.2, -0.15) is 5.26 Å². The maximum absolute atomic E-state index is 12.8. The Morgan fingerprint density at radius 3 is 2.59 bits per heavy atom. The van der Waals surface area contributed by atoms with Crippen LogP contribution in [0, 0.1) is 17.2 Å². The molecule has 3 N–H and O–H groups in total. The summed E-state index contributed by atoms with van der Waals surface area (Å²) in [6.45, 7) is 4.24. The summed E-state index contributed by atoms with van der Waals surface area (Å²) in [4.78, 5) is 15.0. The molecule has 1 fully saturated rings. The minimum Gasteiger partial charge on any atom is -0.399 e. The fourth-order valence-corrected chi connectivity index (χ4v) is 3.97. The molecule has 1 amide bonds. The molecule has 27 heavy (non-hydrogen) atoms. The van der Waals surface area contributed by atoms with Crippen LogP contribution in [-0.2, 0) is 4.79 Å². The number of carbonyl (C=O) groups excluding carboxylic acids is 1. The molecule has 1 aliphatic heterocycles. The number of hydrogen-bond donors (Lipinski definition) is 2. The van der Waals surface area contributed by atoms with E-state index in [0.717, 1.165) is 37.2 Å². The summed E-state index contributed by atoms with van der Waals surface area (Å²) in [5.41, 5.74) is 9.02. The van der Waals surface area contributed by atoms with Crippen molar-refractivity contribution >= 4 is 17.3 Å². The minimum absolute atomic E-state index is 0.104. The van der Waals surface area contributed by atoms with Gasteiger partial charge < -0.3 is 16.0 Å². The van der Waals surface area contributed by atoms with E-state index in [-0.39, 0.29) is 17.7 Å². The van der Waals surface area contributed by atoms with Gasteiger partial charge in [0.25, 0.3) is 0 Å². The molecule has 0 bridgehead atoms. The van der Waals surface area contributed by atoms with Crippen molar-refractivity contribution in [2.45, 2.75) is 25.7 Å². The topological polar surface area (TPSA) is 82.2 Å². The van der Waals surface area contributed by atoms with Crippen molar-refractivity contribution in [2.75, 3.05) is 30.3 Å². The number of carbonyl (C=O) groups is 1. The zero-order valence-corrected chi connectivity index (χ0v) is 15.7. The van der Waals surface area contributed by atoms with E-state index < -0.39 is 0 Å². The van der Waals surface area contributed by atoms with Crippen LogP contribution in [0.2, 0.25) is 0 Å². The first-order valence-corrected chi connectivity index (χ1v) is 9.51. The third-order valence-electron chi connectivity index (χ3n) is 5.28. The lowest BCUT2D eigenvalue weighted by molar-refractivity contribution is -0.123. The summed E-state index contributed by atoms with van der Waals surface area (Å²) in [5, 5.41) is 12.4. The Morgan fingerprint density at radius 1 is 1.26 bits per heavy atom. The van der Waals surface area contributed by atoms with Crippen molar-refractivity contribution in [1.29, 1.82) is 5.26 Å². The van der Waals surface area contributed by atoms with E-state index >= 15 is 0 Å². The number of amides is 1. The van der Waals surface area contributed by atoms with Crippen molar-refractivity contribution in [3.05, 3.63) is 59.7 Å². The second-order valence-electron chi connectivity index (χ2n) is 7.00. The molecule has 2 aromatic rings. The highest BCUT2D eigenvalue weighted by Crippen LogP contribution is 2.35. The van der Waals surface area contributed by atoms with Crippen LogP contribution in [0.4, 0.5) is 11.4 Å². The number of nitrogens with one attached hydrogen (secondary N) is 1. The smallest absolute Gasteiger partial charge is 0.227 e. The Balaban J connectivity index is 1.76. The van der Waals surface area contributed by atoms with Gasteiger partial charge in [-0.05, 0) is 49.4 Å². The molecular weight excluding hydrogens is 336 g/mol. The van der Waals surface area contributed by atoms with Crippen LogP contribution < -0.4 is 16.0 Å². The number of rotatable bonds is 5. The highest BCUT2D eigenvalue weighted by molar-refractivity contribution is 5.84. The summed E-state index contributed by atoms with van der Waals surface area (Å²) in [6.07, 6.45) is 1.82. The molecule has 2 aromatic carbocycles. The van der Waals surface area contributed by atoms with Gasteiger partial charge in [-0.15, -0.1) is 0 Å². The second-order valence-corrected chi connectivity index (χ2v) is 7.00. The number of likely N-dealkylation sites (N-methyl/N-ethyl adjacent to an activating group) is 1. The van der Waals surface area contributed by atoms with Gasteiger partial charge in [-0.1, -0.05) is 30.3 Å². The Bertz CT molecular complexity index is 820. The number of nitrogens with two attached hydrogens (primary N) is 1. The van der Waals surface area contributed by atoms with E-state index in [1.165, 1.54) is 0 Å². The summed E-state index contributed by atoms with van der Waals surface area (Å²) in [7, 11) is 0. The molecule has 0 aliphatic carbocycles. The highest BCUT2D eigenvalue weighted by Gasteiger charge is 2.32. The number of nitrogen functional groups attached to an aromatic ring is 1. The fourth-order valence-electron chi connectivity index (χ4n) is 3.97. The SMILES string of the molecule is CCNC(=O)C(c1ccccc1)C1CCN(c2ccc(N)cc2C#N)CC1. The van der Waals surface area contributed by atoms with Crippen LogP contribution in [0.3, 0.4) is 0 Å². The molecule has 1 unspecified atom stereocenters. The van der Waals surface area contributed by atoms with Crippen LogP contribution >= 0.6 is 0 Å². The van der Waals surface area contributed by atoms with Gasteiger partial charge in [0, 0.05) is 25.3 Å². The first-order valence-electron chi connectivity index (χ1n) is 9.51. The molecule has 3 rings (SSSR count). The Morgan fingerprint density at radius 2 is 1.96 bits per heavy atom. The first-order chi connectivity index (χ1) is 13.1. The van der Waals surface area contributed by atoms with Gasteiger partial charge in [0.1, 0.15) is 6.07 Å². The summed E-state index contributed by atoms with van der Waals surface area (Å²) in [6, 6.07) is 17.8. The predicted octanol–water partition coefficient (Wildman–Crippen LogP) is 3.28. The van der Waals surface area contributed by atoms with Gasteiger partial charge in [-0.25, -0.2) is 0 Å². The average Bonchev–Trinajstić information content (AvgIpc) is 2.70. The zero-order valence-electron chi connectivity index (χ0n) is 15.7. The predicted molar refractivity (Wildman–Crippen MR) is 108 cm³/mol. The largest absolute Gasteiger partial charge is 0.399 e.